The molecule has 0 heterocycles. The van der Waals surface area contributed by atoms with Gasteiger partial charge in [-0.2, -0.15) is 0 Å². The molecule has 1 N–H and O–H groups in total. The zero-order chi connectivity index (χ0) is 12.3. The number of rotatable bonds is 3. The molecule has 0 radical (unpaired) electrons. The molecule has 4 heteroatoms. The van der Waals surface area contributed by atoms with E-state index in [1.807, 2.05) is 13.8 Å². The SMILES string of the molecule is CC(C)C(C)(C=O)NC(=O)OC(C)(C)C. The molecule has 1 atom stereocenters. The lowest BCUT2D eigenvalue weighted by atomic mass is 9.90. The molecule has 0 aliphatic carbocycles. The van der Waals surface area contributed by atoms with E-state index in [2.05, 4.69) is 5.32 Å². The molecule has 0 saturated heterocycles. The van der Waals surface area contributed by atoms with Crippen LogP contribution in [0, 0.1) is 5.92 Å². The maximum Gasteiger partial charge on any atom is 0.408 e. The lowest BCUT2D eigenvalue weighted by Crippen LogP contribution is -2.52. The van der Waals surface area contributed by atoms with E-state index >= 15 is 0 Å². The third-order valence-electron chi connectivity index (χ3n) is 2.21. The molecule has 15 heavy (non-hydrogen) atoms. The first-order valence-corrected chi connectivity index (χ1v) is 5.08. The fraction of sp³-hybridized carbons (Fsp3) is 0.818. The van der Waals surface area contributed by atoms with Crippen LogP contribution < -0.4 is 5.32 Å². The lowest BCUT2D eigenvalue weighted by molar-refractivity contribution is -0.114. The minimum Gasteiger partial charge on any atom is -0.444 e. The highest BCUT2D eigenvalue weighted by molar-refractivity contribution is 5.76. The summed E-state index contributed by atoms with van der Waals surface area (Å²) in [5.41, 5.74) is -1.42. The first kappa shape index (κ1) is 13.9. The summed E-state index contributed by atoms with van der Waals surface area (Å²) in [6, 6.07) is 0. The fourth-order valence-corrected chi connectivity index (χ4v) is 0.833. The highest BCUT2D eigenvalue weighted by atomic mass is 16.6. The van der Waals surface area contributed by atoms with Gasteiger partial charge in [-0.25, -0.2) is 4.79 Å². The predicted molar refractivity (Wildman–Crippen MR) is 58.7 cm³/mol. The number of nitrogens with one attached hydrogen (secondary N) is 1. The molecule has 0 bridgehead atoms. The number of carbonyl (C=O) groups excluding carboxylic acids is 2. The van der Waals surface area contributed by atoms with Gasteiger partial charge in [-0.3, -0.25) is 0 Å². The second kappa shape index (κ2) is 4.64. The third kappa shape index (κ3) is 4.81. The minimum absolute atomic E-state index is 0.0162. The summed E-state index contributed by atoms with van der Waals surface area (Å²) >= 11 is 0. The molecule has 0 aromatic heterocycles. The normalized spacial score (nSPS) is 15.7. The molecule has 0 spiro atoms. The zero-order valence-corrected chi connectivity index (χ0v) is 10.4. The minimum atomic E-state index is -0.873. The van der Waals surface area contributed by atoms with Crippen LogP contribution in [0.25, 0.3) is 0 Å². The van der Waals surface area contributed by atoms with Gasteiger partial charge in [0.1, 0.15) is 11.9 Å². The van der Waals surface area contributed by atoms with E-state index in [4.69, 9.17) is 4.74 Å². The van der Waals surface area contributed by atoms with Crippen molar-refractivity contribution in [3.8, 4) is 0 Å². The third-order valence-corrected chi connectivity index (χ3v) is 2.21. The van der Waals surface area contributed by atoms with Crippen LogP contribution in [-0.2, 0) is 9.53 Å². The Kier molecular flexibility index (Phi) is 4.31. The molecular weight excluding hydrogens is 194 g/mol. The molecular formula is C11H21NO3. The van der Waals surface area contributed by atoms with Gasteiger partial charge < -0.3 is 14.8 Å². The topological polar surface area (TPSA) is 55.4 Å². The van der Waals surface area contributed by atoms with Crippen molar-refractivity contribution in [3.63, 3.8) is 0 Å². The van der Waals surface area contributed by atoms with Crippen molar-refractivity contribution in [2.45, 2.75) is 52.7 Å². The smallest absolute Gasteiger partial charge is 0.408 e. The largest absolute Gasteiger partial charge is 0.444 e. The molecule has 1 amide bonds. The first-order valence-electron chi connectivity index (χ1n) is 5.08. The van der Waals surface area contributed by atoms with Crippen LogP contribution in [0.2, 0.25) is 0 Å². The Hall–Kier alpha value is -1.06. The van der Waals surface area contributed by atoms with Gasteiger partial charge in [-0.05, 0) is 33.6 Å². The number of ether oxygens (including phenoxy) is 1. The van der Waals surface area contributed by atoms with Gasteiger partial charge in [-0.15, -0.1) is 0 Å². The zero-order valence-electron chi connectivity index (χ0n) is 10.4. The van der Waals surface area contributed by atoms with Gasteiger partial charge >= 0.3 is 6.09 Å². The maximum atomic E-state index is 11.4. The van der Waals surface area contributed by atoms with Gasteiger partial charge in [0, 0.05) is 0 Å². The van der Waals surface area contributed by atoms with E-state index in [0.29, 0.717) is 0 Å². The molecule has 0 aliphatic heterocycles. The standard InChI is InChI=1S/C11H21NO3/c1-8(2)11(6,7-13)12-9(14)15-10(3,4)5/h7-8H,1-6H3,(H,12,14). The van der Waals surface area contributed by atoms with E-state index in [0.717, 1.165) is 6.29 Å². The van der Waals surface area contributed by atoms with Crippen LogP contribution in [0.15, 0.2) is 0 Å². The van der Waals surface area contributed by atoms with Crippen molar-refractivity contribution in [1.82, 2.24) is 5.32 Å². The van der Waals surface area contributed by atoms with Crippen LogP contribution in [0.4, 0.5) is 4.79 Å². The number of carbonyl (C=O) groups is 2. The van der Waals surface area contributed by atoms with Gasteiger partial charge in [0.05, 0.1) is 5.54 Å². The number of hydrogen-bond donors (Lipinski definition) is 1. The van der Waals surface area contributed by atoms with E-state index in [-0.39, 0.29) is 5.92 Å². The van der Waals surface area contributed by atoms with Crippen LogP contribution >= 0.6 is 0 Å². The average Bonchev–Trinajstić information content (AvgIpc) is 1.99. The van der Waals surface area contributed by atoms with E-state index in [9.17, 15) is 9.59 Å². The molecule has 88 valence electrons. The van der Waals surface area contributed by atoms with E-state index in [1.165, 1.54) is 0 Å². The number of alkyl carbamates (subject to hydrolysis) is 1. The van der Waals surface area contributed by atoms with Gasteiger partial charge in [0.25, 0.3) is 0 Å². The summed E-state index contributed by atoms with van der Waals surface area (Å²) < 4.78 is 5.08. The number of hydrogen-bond acceptors (Lipinski definition) is 3. The molecule has 0 aliphatic rings. The fourth-order valence-electron chi connectivity index (χ4n) is 0.833. The predicted octanol–water partition coefficient (Wildman–Crippen LogP) is 2.12. The summed E-state index contributed by atoms with van der Waals surface area (Å²) in [7, 11) is 0. The lowest BCUT2D eigenvalue weighted by Gasteiger charge is -2.30. The molecule has 0 aromatic rings. The van der Waals surface area contributed by atoms with E-state index < -0.39 is 17.2 Å². The highest BCUT2D eigenvalue weighted by Crippen LogP contribution is 2.15. The molecule has 0 saturated carbocycles. The van der Waals surface area contributed by atoms with Crippen molar-refractivity contribution >= 4 is 12.4 Å². The summed E-state index contributed by atoms with van der Waals surface area (Å²) in [5.74, 6) is 0.0162. The Morgan fingerprint density at radius 2 is 1.73 bits per heavy atom. The monoisotopic (exact) mass is 215 g/mol. The Morgan fingerprint density at radius 3 is 2.00 bits per heavy atom. The van der Waals surface area contributed by atoms with Gasteiger partial charge in [0.15, 0.2) is 0 Å². The van der Waals surface area contributed by atoms with Gasteiger partial charge in [0.2, 0.25) is 0 Å². The van der Waals surface area contributed by atoms with Crippen LogP contribution in [0.5, 0.6) is 0 Å². The van der Waals surface area contributed by atoms with Crippen LogP contribution in [0.3, 0.4) is 0 Å². The molecule has 4 nitrogen and oxygen atoms in total. The Morgan fingerprint density at radius 1 is 1.27 bits per heavy atom. The second-order valence-corrected chi connectivity index (χ2v) is 5.18. The molecule has 0 fully saturated rings. The van der Waals surface area contributed by atoms with Gasteiger partial charge in [-0.1, -0.05) is 13.8 Å². The Balaban J connectivity index is 4.45. The van der Waals surface area contributed by atoms with Crippen molar-refractivity contribution in [3.05, 3.63) is 0 Å². The summed E-state index contributed by atoms with van der Waals surface area (Å²) in [6.07, 6.45) is 0.174. The van der Waals surface area contributed by atoms with Crippen LogP contribution in [-0.4, -0.2) is 23.5 Å². The van der Waals surface area contributed by atoms with Crippen molar-refractivity contribution < 1.29 is 14.3 Å². The molecule has 1 unspecified atom stereocenters. The highest BCUT2D eigenvalue weighted by Gasteiger charge is 2.31. The first-order chi connectivity index (χ1) is 6.60. The van der Waals surface area contributed by atoms with Crippen molar-refractivity contribution in [1.29, 1.82) is 0 Å². The van der Waals surface area contributed by atoms with E-state index in [1.54, 1.807) is 27.7 Å². The molecule has 0 rings (SSSR count). The summed E-state index contributed by atoms with van der Waals surface area (Å²) in [4.78, 5) is 22.3. The Bertz CT molecular complexity index is 243. The second-order valence-electron chi connectivity index (χ2n) is 5.18. The quantitative estimate of drug-likeness (QED) is 0.734. The van der Waals surface area contributed by atoms with Crippen LogP contribution in [0.1, 0.15) is 41.5 Å². The summed E-state index contributed by atoms with van der Waals surface area (Å²) in [6.45, 7) is 10.7. The summed E-state index contributed by atoms with van der Waals surface area (Å²) in [5, 5.41) is 2.57. The molecule has 0 aromatic carbocycles. The van der Waals surface area contributed by atoms with Crippen molar-refractivity contribution in [2.24, 2.45) is 5.92 Å². The number of amides is 1. The average molecular weight is 215 g/mol. The Labute approximate surface area is 91.4 Å². The van der Waals surface area contributed by atoms with Crippen molar-refractivity contribution in [2.75, 3.05) is 0 Å². The maximum absolute atomic E-state index is 11.4. The number of aldehydes is 1.